The minimum absolute atomic E-state index is 0.0000954. The number of fused-ring (bicyclic) bond motifs is 4. The lowest BCUT2D eigenvalue weighted by molar-refractivity contribution is 0.0700. The van der Waals surface area contributed by atoms with Crippen molar-refractivity contribution in [3.8, 4) is 28.5 Å². The van der Waals surface area contributed by atoms with Gasteiger partial charge in [-0.2, -0.15) is 0 Å². The maximum Gasteiger partial charge on any atom is 0.254 e. The van der Waals surface area contributed by atoms with E-state index in [-0.39, 0.29) is 24.6 Å². The smallest absolute Gasteiger partial charge is 0.254 e. The van der Waals surface area contributed by atoms with Crippen LogP contribution in [0.2, 0.25) is 0 Å². The highest BCUT2D eigenvalue weighted by molar-refractivity contribution is 6.00. The molecule has 1 amide bonds. The molecule has 43 heavy (non-hydrogen) atoms. The summed E-state index contributed by atoms with van der Waals surface area (Å²) < 4.78 is 10.2. The van der Waals surface area contributed by atoms with Crippen LogP contribution in [0.3, 0.4) is 0 Å². The summed E-state index contributed by atoms with van der Waals surface area (Å²) in [6, 6.07) is 18.1. The van der Waals surface area contributed by atoms with Crippen LogP contribution in [0, 0.1) is 11.8 Å². The Morgan fingerprint density at radius 2 is 1.93 bits per heavy atom. The Morgan fingerprint density at radius 3 is 2.65 bits per heavy atom. The van der Waals surface area contributed by atoms with Gasteiger partial charge in [-0.25, -0.2) is 9.97 Å². The Hall–Kier alpha value is -4.21. The molecule has 2 saturated carbocycles. The Labute approximate surface area is 249 Å². The highest BCUT2D eigenvalue weighted by Gasteiger charge is 2.47. The normalized spacial score (nSPS) is 21.4. The van der Waals surface area contributed by atoms with Crippen molar-refractivity contribution < 1.29 is 14.6 Å². The summed E-state index contributed by atoms with van der Waals surface area (Å²) in [5.74, 6) is 2.45. The average Bonchev–Trinajstić information content (AvgIpc) is 3.44. The summed E-state index contributed by atoms with van der Waals surface area (Å²) in [5.41, 5.74) is 13.2. The zero-order valence-corrected chi connectivity index (χ0v) is 24.5. The van der Waals surface area contributed by atoms with E-state index in [2.05, 4.69) is 21.3 Å². The van der Waals surface area contributed by atoms with Crippen molar-refractivity contribution in [3.05, 3.63) is 65.7 Å². The van der Waals surface area contributed by atoms with Crippen LogP contribution < -0.4 is 10.5 Å². The third kappa shape index (κ3) is 4.24. The van der Waals surface area contributed by atoms with Crippen molar-refractivity contribution >= 4 is 28.0 Å². The number of hydrogen-bond acceptors (Lipinski definition) is 6. The largest absolute Gasteiger partial charge is 0.494 e. The summed E-state index contributed by atoms with van der Waals surface area (Å²) in [6.07, 6.45) is 4.49. The number of nitrogens with zero attached hydrogens (tertiary/aromatic N) is 5. The molecule has 220 valence electrons. The third-order valence-corrected chi connectivity index (χ3v) is 9.83. The number of pyridine rings is 1. The van der Waals surface area contributed by atoms with Gasteiger partial charge in [0.25, 0.3) is 5.91 Å². The molecule has 1 saturated heterocycles. The first-order valence-electron chi connectivity index (χ1n) is 15.3. The van der Waals surface area contributed by atoms with E-state index in [1.807, 2.05) is 54.4 Å². The van der Waals surface area contributed by atoms with Crippen molar-refractivity contribution in [2.24, 2.45) is 24.6 Å². The molecular weight excluding hydrogens is 540 g/mol. The van der Waals surface area contributed by atoms with E-state index in [9.17, 15) is 9.90 Å². The van der Waals surface area contributed by atoms with E-state index in [0.29, 0.717) is 23.1 Å². The van der Waals surface area contributed by atoms with Crippen LogP contribution in [0.4, 0.5) is 0 Å². The van der Waals surface area contributed by atoms with E-state index in [1.165, 1.54) is 12.8 Å². The number of aromatic nitrogens is 4. The maximum absolute atomic E-state index is 13.7. The summed E-state index contributed by atoms with van der Waals surface area (Å²) >= 11 is 0. The van der Waals surface area contributed by atoms with E-state index in [1.54, 1.807) is 7.11 Å². The van der Waals surface area contributed by atoms with Gasteiger partial charge in [-0.3, -0.25) is 4.79 Å². The van der Waals surface area contributed by atoms with Crippen LogP contribution in [0.5, 0.6) is 5.75 Å². The summed E-state index contributed by atoms with van der Waals surface area (Å²) in [7, 11) is 3.65. The van der Waals surface area contributed by atoms with Crippen molar-refractivity contribution in [1.29, 1.82) is 0 Å². The number of aryl methyl sites for hydroxylation is 1. The van der Waals surface area contributed by atoms with Gasteiger partial charge < -0.3 is 29.6 Å². The van der Waals surface area contributed by atoms with Gasteiger partial charge >= 0.3 is 0 Å². The fourth-order valence-electron chi connectivity index (χ4n) is 7.31. The Morgan fingerprint density at radius 1 is 1.07 bits per heavy atom. The number of amides is 1. The number of aliphatic hydroxyl groups excluding tert-OH is 1. The van der Waals surface area contributed by atoms with Crippen LogP contribution in [-0.2, 0) is 20.2 Å². The minimum atomic E-state index is -0.00551. The first-order chi connectivity index (χ1) is 20.9. The van der Waals surface area contributed by atoms with E-state index in [4.69, 9.17) is 20.4 Å². The molecule has 3 aliphatic rings. The average molecular weight is 577 g/mol. The second-order valence-electron chi connectivity index (χ2n) is 12.5. The van der Waals surface area contributed by atoms with Gasteiger partial charge in [-0.05, 0) is 79.5 Å². The molecule has 2 aliphatic carbocycles. The first-order valence-corrected chi connectivity index (χ1v) is 15.3. The van der Waals surface area contributed by atoms with Gasteiger partial charge in [0.2, 0.25) is 0 Å². The van der Waals surface area contributed by atoms with Gasteiger partial charge in [-0.1, -0.05) is 18.2 Å². The number of carbonyl (C=O) groups excluding carboxylic acids is 1. The molecule has 0 spiro atoms. The molecule has 8 rings (SSSR count). The van der Waals surface area contributed by atoms with Crippen LogP contribution in [0.25, 0.3) is 44.8 Å². The summed E-state index contributed by atoms with van der Waals surface area (Å²) in [5, 5.41) is 10.7. The van der Waals surface area contributed by atoms with Gasteiger partial charge in [0.1, 0.15) is 16.9 Å². The number of likely N-dealkylation sites (tertiary alicyclic amines) is 1. The first kappa shape index (κ1) is 26.4. The highest BCUT2D eigenvalue weighted by Crippen LogP contribution is 2.40. The number of nitrogens with two attached hydrogens (primary N) is 1. The summed E-state index contributed by atoms with van der Waals surface area (Å²) in [4.78, 5) is 25.9. The van der Waals surface area contributed by atoms with Crippen LogP contribution in [0.15, 0.2) is 54.6 Å². The van der Waals surface area contributed by atoms with E-state index in [0.717, 1.165) is 76.3 Å². The highest BCUT2D eigenvalue weighted by atomic mass is 16.5. The SMILES string of the molecule is COc1cc(C(=O)N2C[C@H]3CC[C@@H]2[C@@H]3N)cc2nc(-c3cc4ccc(-c5cccc(CO)c5)nc4n3CC3CC3)n(C)c12. The fourth-order valence-corrected chi connectivity index (χ4v) is 7.31. The summed E-state index contributed by atoms with van der Waals surface area (Å²) in [6.45, 7) is 1.58. The zero-order chi connectivity index (χ0) is 29.4. The predicted molar refractivity (Wildman–Crippen MR) is 166 cm³/mol. The number of carbonyl (C=O) groups is 1. The molecule has 3 N–H and O–H groups in total. The second-order valence-corrected chi connectivity index (χ2v) is 12.5. The number of piperidine rings is 1. The lowest BCUT2D eigenvalue weighted by Gasteiger charge is -2.27. The Balaban J connectivity index is 1.24. The molecule has 2 aromatic carbocycles. The maximum atomic E-state index is 13.7. The number of imidazole rings is 1. The zero-order valence-electron chi connectivity index (χ0n) is 24.5. The van der Waals surface area contributed by atoms with Gasteiger partial charge in [0.15, 0.2) is 5.82 Å². The number of rotatable bonds is 7. The van der Waals surface area contributed by atoms with E-state index >= 15 is 0 Å². The second kappa shape index (κ2) is 9.92. The quantitative estimate of drug-likeness (QED) is 0.290. The fraction of sp³-hybridized carbons (Fsp3) is 0.382. The molecule has 9 heteroatoms. The topological polar surface area (TPSA) is 111 Å². The molecule has 3 fully saturated rings. The number of benzene rings is 2. The lowest BCUT2D eigenvalue weighted by Crippen LogP contribution is -2.41. The third-order valence-electron chi connectivity index (χ3n) is 9.83. The molecule has 1 aliphatic heterocycles. The van der Waals surface area contributed by atoms with Crippen molar-refractivity contribution in [2.45, 2.75) is 50.9 Å². The van der Waals surface area contributed by atoms with Crippen molar-refractivity contribution in [2.75, 3.05) is 13.7 Å². The molecule has 5 aromatic rings. The molecular formula is C34H36N6O3. The lowest BCUT2D eigenvalue weighted by atomic mass is 10.1. The number of methoxy groups -OCH3 is 1. The van der Waals surface area contributed by atoms with Gasteiger partial charge in [-0.15, -0.1) is 0 Å². The molecule has 3 atom stereocenters. The predicted octanol–water partition coefficient (Wildman–Crippen LogP) is 4.73. The Kier molecular flexibility index (Phi) is 6.10. The molecule has 4 heterocycles. The number of ether oxygens (including phenoxy) is 1. The molecule has 3 aromatic heterocycles. The van der Waals surface area contributed by atoms with Gasteiger partial charge in [0, 0.05) is 48.7 Å². The van der Waals surface area contributed by atoms with Crippen LogP contribution in [0.1, 0.15) is 41.6 Å². The molecule has 0 radical (unpaired) electrons. The van der Waals surface area contributed by atoms with E-state index < -0.39 is 0 Å². The van der Waals surface area contributed by atoms with Crippen molar-refractivity contribution in [1.82, 2.24) is 24.0 Å². The number of hydrogen-bond donors (Lipinski definition) is 2. The van der Waals surface area contributed by atoms with Crippen molar-refractivity contribution in [3.63, 3.8) is 0 Å². The number of aliphatic hydroxyl groups is 1. The molecule has 9 nitrogen and oxygen atoms in total. The standard InChI is InChI=1S/C34H36N6O3/c1-38-31-26(13-24(15-29(31)43-2)34(42)40-17-23-9-11-27(40)30(23)35)37-33(38)28-14-22-8-10-25(21-5-3-4-20(12-21)18-41)36-32(22)39(28)16-19-6-7-19/h3-5,8,10,12-15,19,23,27,30,41H,6-7,9,11,16-18,35H2,1-2H3/t23-,27-,30-/m1/s1. The monoisotopic (exact) mass is 576 g/mol. The Bertz CT molecular complexity index is 1900. The molecule has 0 unspecified atom stereocenters. The molecule has 2 bridgehead atoms. The van der Waals surface area contributed by atoms with Crippen LogP contribution >= 0.6 is 0 Å². The van der Waals surface area contributed by atoms with Crippen LogP contribution in [-0.4, -0.2) is 60.8 Å². The minimum Gasteiger partial charge on any atom is -0.494 e. The van der Waals surface area contributed by atoms with Gasteiger partial charge in [0.05, 0.1) is 30.6 Å².